The topological polar surface area (TPSA) is 46.0 Å². The molecule has 0 aliphatic heterocycles. The van der Waals surface area contributed by atoms with Crippen LogP contribution < -0.4 is 0 Å². The smallest absolute Gasteiger partial charge is 0.376 e. The maximum absolute atomic E-state index is 13.2. The molecule has 1 aromatic heterocycles. The Morgan fingerprint density at radius 2 is 1.54 bits per heavy atom. The van der Waals surface area contributed by atoms with Gasteiger partial charge in [0.2, 0.25) is 0 Å². The van der Waals surface area contributed by atoms with Crippen LogP contribution in [0.15, 0.2) is 24.5 Å². The van der Waals surface area contributed by atoms with Gasteiger partial charge in [-0.05, 0) is 30.2 Å². The molecule has 0 saturated carbocycles. The van der Waals surface area contributed by atoms with Crippen molar-refractivity contribution >= 4 is 23.2 Å². The van der Waals surface area contributed by atoms with Gasteiger partial charge in [-0.25, -0.2) is 9.97 Å². The van der Waals surface area contributed by atoms with E-state index in [0.717, 1.165) is 18.6 Å². The van der Waals surface area contributed by atoms with Crippen molar-refractivity contribution in [2.24, 2.45) is 0 Å². The molecule has 11 heteroatoms. The molecule has 26 heavy (non-hydrogen) atoms. The Kier molecular flexibility index (Phi) is 5.47. The van der Waals surface area contributed by atoms with E-state index >= 15 is 0 Å². The Morgan fingerprint density at radius 1 is 1.00 bits per heavy atom. The third-order valence-electron chi connectivity index (χ3n) is 3.44. The maximum Gasteiger partial charge on any atom is 0.421 e. The van der Waals surface area contributed by atoms with Gasteiger partial charge in [-0.3, -0.25) is 0 Å². The maximum atomic E-state index is 13.2. The second-order valence-corrected chi connectivity index (χ2v) is 6.23. The Balaban J connectivity index is 2.50. The highest BCUT2D eigenvalue weighted by atomic mass is 35.5. The quantitative estimate of drug-likeness (QED) is 0.700. The molecule has 1 radical (unpaired) electrons. The Bertz CT molecular complexity index is 804. The van der Waals surface area contributed by atoms with Gasteiger partial charge in [0.15, 0.2) is 5.60 Å². The second-order valence-electron chi connectivity index (χ2n) is 5.39. The van der Waals surface area contributed by atoms with Crippen molar-refractivity contribution in [1.29, 1.82) is 0 Å². The standard InChI is InChI=1S/C15H9Cl2F6N2O/c1-13(26,15(21,22)23)10-2-8(16)3-11(17)9(10)4-12-24-5-7(6-25-12)14(18,19)20/h2-6,26H,1H3/t13-/m1/s1. The number of nitrogens with zero attached hydrogens (tertiary/aromatic N) is 2. The van der Waals surface area contributed by atoms with Gasteiger partial charge in [-0.15, -0.1) is 0 Å². The van der Waals surface area contributed by atoms with E-state index in [0.29, 0.717) is 19.3 Å². The predicted octanol–water partition coefficient (Wildman–Crippen LogP) is 5.17. The van der Waals surface area contributed by atoms with E-state index in [1.54, 1.807) is 0 Å². The van der Waals surface area contributed by atoms with Gasteiger partial charge in [0, 0.05) is 22.4 Å². The molecule has 0 aliphatic rings. The molecule has 0 saturated heterocycles. The minimum absolute atomic E-state index is 0.167. The average Bonchev–Trinajstić information content (AvgIpc) is 2.48. The summed E-state index contributed by atoms with van der Waals surface area (Å²) in [5.41, 5.74) is -5.46. The molecule has 0 amide bonds. The zero-order valence-electron chi connectivity index (χ0n) is 12.8. The van der Waals surface area contributed by atoms with Crippen LogP contribution in [0.3, 0.4) is 0 Å². The largest absolute Gasteiger partial charge is 0.421 e. The molecule has 2 aromatic rings. The molecule has 0 bridgehead atoms. The van der Waals surface area contributed by atoms with Crippen LogP contribution >= 0.6 is 23.2 Å². The van der Waals surface area contributed by atoms with Gasteiger partial charge in [0.25, 0.3) is 0 Å². The summed E-state index contributed by atoms with van der Waals surface area (Å²) in [5, 5.41) is 9.50. The molecule has 0 spiro atoms. The van der Waals surface area contributed by atoms with Crippen molar-refractivity contribution in [3.63, 3.8) is 0 Å². The summed E-state index contributed by atoms with van der Waals surface area (Å²) < 4.78 is 77.1. The van der Waals surface area contributed by atoms with Gasteiger partial charge in [0.05, 0.1) is 12.0 Å². The molecule has 2 rings (SSSR count). The van der Waals surface area contributed by atoms with Crippen LogP contribution in [-0.4, -0.2) is 21.3 Å². The number of halogens is 8. The highest BCUT2D eigenvalue weighted by molar-refractivity contribution is 6.35. The number of rotatable bonds is 3. The Morgan fingerprint density at radius 3 is 2.00 bits per heavy atom. The Labute approximate surface area is 153 Å². The van der Waals surface area contributed by atoms with Crippen LogP contribution in [0.1, 0.15) is 29.4 Å². The summed E-state index contributed by atoms with van der Waals surface area (Å²) in [5.74, 6) is -0.332. The average molecular weight is 418 g/mol. The van der Waals surface area contributed by atoms with E-state index in [-0.39, 0.29) is 21.4 Å². The van der Waals surface area contributed by atoms with E-state index < -0.39 is 29.1 Å². The Hall–Kier alpha value is -1.58. The first-order valence-electron chi connectivity index (χ1n) is 6.76. The van der Waals surface area contributed by atoms with Crippen molar-refractivity contribution < 1.29 is 31.4 Å². The summed E-state index contributed by atoms with van der Waals surface area (Å²) >= 11 is 11.6. The van der Waals surface area contributed by atoms with E-state index in [1.807, 2.05) is 0 Å². The van der Waals surface area contributed by atoms with Crippen LogP contribution in [0, 0.1) is 6.42 Å². The minimum atomic E-state index is -5.06. The zero-order valence-corrected chi connectivity index (χ0v) is 14.3. The number of hydrogen-bond donors (Lipinski definition) is 1. The lowest BCUT2D eigenvalue weighted by Crippen LogP contribution is -2.40. The molecule has 0 unspecified atom stereocenters. The SMILES string of the molecule is C[C@@](O)(c1cc(Cl)cc(Cl)c1[CH]c1ncc(C(F)(F)F)cn1)C(F)(F)F. The third kappa shape index (κ3) is 4.21. The van der Waals surface area contributed by atoms with Crippen LogP contribution in [0.2, 0.25) is 10.0 Å². The molecule has 0 fully saturated rings. The van der Waals surface area contributed by atoms with Gasteiger partial charge in [-0.1, -0.05) is 23.2 Å². The van der Waals surface area contributed by atoms with Gasteiger partial charge in [0.1, 0.15) is 5.82 Å². The van der Waals surface area contributed by atoms with Crippen molar-refractivity contribution in [2.45, 2.75) is 24.9 Å². The molecule has 1 aromatic carbocycles. The first kappa shape index (κ1) is 20.7. The van der Waals surface area contributed by atoms with Crippen LogP contribution in [0.5, 0.6) is 0 Å². The molecule has 0 aliphatic carbocycles. The minimum Gasteiger partial charge on any atom is -0.376 e. The van der Waals surface area contributed by atoms with E-state index in [2.05, 4.69) is 9.97 Å². The number of aromatic nitrogens is 2. The van der Waals surface area contributed by atoms with Gasteiger partial charge >= 0.3 is 12.4 Å². The fourth-order valence-corrected chi connectivity index (χ4v) is 2.52. The summed E-state index contributed by atoms with van der Waals surface area (Å²) in [6, 6.07) is 1.98. The van der Waals surface area contributed by atoms with Crippen molar-refractivity contribution in [3.8, 4) is 0 Å². The highest BCUT2D eigenvalue weighted by Crippen LogP contribution is 2.43. The normalized spacial score (nSPS) is 15.0. The number of hydrogen-bond acceptors (Lipinski definition) is 3. The summed E-state index contributed by atoms with van der Waals surface area (Å²) in [4.78, 5) is 6.90. The van der Waals surface area contributed by atoms with Crippen LogP contribution in [0.25, 0.3) is 0 Å². The highest BCUT2D eigenvalue weighted by Gasteiger charge is 2.52. The number of benzene rings is 1. The third-order valence-corrected chi connectivity index (χ3v) is 3.97. The summed E-state index contributed by atoms with van der Waals surface area (Å²) in [6.45, 7) is 0.500. The number of aliphatic hydroxyl groups is 1. The molecule has 3 nitrogen and oxygen atoms in total. The molecular weight excluding hydrogens is 409 g/mol. The van der Waals surface area contributed by atoms with Crippen molar-refractivity contribution in [1.82, 2.24) is 9.97 Å². The summed E-state index contributed by atoms with van der Waals surface area (Å²) in [6.07, 6.45) is -7.85. The van der Waals surface area contributed by atoms with E-state index in [9.17, 15) is 31.4 Å². The lowest BCUT2D eigenvalue weighted by Gasteiger charge is -2.29. The molecular formula is C15H9Cl2F6N2O. The van der Waals surface area contributed by atoms with Crippen molar-refractivity contribution in [3.05, 3.63) is 63.5 Å². The molecule has 1 heterocycles. The lowest BCUT2D eigenvalue weighted by atomic mass is 9.89. The van der Waals surface area contributed by atoms with Gasteiger partial charge in [-0.2, -0.15) is 26.3 Å². The van der Waals surface area contributed by atoms with Crippen LogP contribution in [-0.2, 0) is 11.8 Å². The fraction of sp³-hybridized carbons (Fsp3) is 0.267. The summed E-state index contributed by atoms with van der Waals surface area (Å²) in [7, 11) is 0. The zero-order chi connectivity index (χ0) is 19.9. The monoisotopic (exact) mass is 417 g/mol. The number of alkyl halides is 6. The van der Waals surface area contributed by atoms with E-state index in [1.165, 1.54) is 0 Å². The first-order valence-corrected chi connectivity index (χ1v) is 7.51. The predicted molar refractivity (Wildman–Crippen MR) is 81.6 cm³/mol. The second kappa shape index (κ2) is 6.86. The molecule has 1 N–H and O–H groups in total. The van der Waals surface area contributed by atoms with Gasteiger partial charge < -0.3 is 5.11 Å². The van der Waals surface area contributed by atoms with Crippen molar-refractivity contribution in [2.75, 3.05) is 0 Å². The molecule has 141 valence electrons. The fourth-order valence-electron chi connectivity index (χ4n) is 1.97. The van der Waals surface area contributed by atoms with E-state index in [4.69, 9.17) is 23.2 Å². The molecule has 1 atom stereocenters. The van der Waals surface area contributed by atoms with Crippen LogP contribution in [0.4, 0.5) is 26.3 Å². The lowest BCUT2D eigenvalue weighted by molar-refractivity contribution is -0.259. The first-order chi connectivity index (χ1) is 11.7.